The maximum absolute atomic E-state index is 12.0. The van der Waals surface area contributed by atoms with Gasteiger partial charge in [0.15, 0.2) is 0 Å². The second-order valence-corrected chi connectivity index (χ2v) is 6.78. The third kappa shape index (κ3) is 2.19. The first-order valence-corrected chi connectivity index (χ1v) is 7.36. The largest absolute Gasteiger partial charge is 0.478 e. The number of para-hydroxylation sites is 1. The van der Waals surface area contributed by atoms with Crippen molar-refractivity contribution in [2.24, 2.45) is 0 Å². The van der Waals surface area contributed by atoms with Crippen LogP contribution in [0, 0.1) is 0 Å². The third-order valence-electron chi connectivity index (χ3n) is 2.97. The van der Waals surface area contributed by atoms with Gasteiger partial charge in [-0.15, -0.1) is 11.3 Å². The van der Waals surface area contributed by atoms with E-state index in [0.29, 0.717) is 17.6 Å². The number of carboxylic acids is 1. The second-order valence-electron chi connectivity index (χ2n) is 4.23. The smallest absolute Gasteiger partial charge is 0.337 e. The molecule has 20 heavy (non-hydrogen) atoms. The van der Waals surface area contributed by atoms with E-state index in [9.17, 15) is 14.7 Å². The number of aromatic nitrogens is 2. The van der Waals surface area contributed by atoms with E-state index in [0.717, 1.165) is 8.66 Å². The zero-order valence-electron chi connectivity index (χ0n) is 10.1. The van der Waals surface area contributed by atoms with Crippen molar-refractivity contribution in [3.8, 4) is 0 Å². The van der Waals surface area contributed by atoms with Gasteiger partial charge >= 0.3 is 11.7 Å². The van der Waals surface area contributed by atoms with Gasteiger partial charge in [-0.2, -0.15) is 0 Å². The van der Waals surface area contributed by atoms with E-state index < -0.39 is 5.97 Å². The summed E-state index contributed by atoms with van der Waals surface area (Å²) in [5, 5.41) is 9.25. The van der Waals surface area contributed by atoms with Crippen LogP contribution in [0.2, 0.25) is 0 Å². The monoisotopic (exact) mass is 352 g/mol. The van der Waals surface area contributed by atoms with Crippen molar-refractivity contribution in [1.29, 1.82) is 0 Å². The predicted molar refractivity (Wildman–Crippen MR) is 80.6 cm³/mol. The molecule has 0 atom stereocenters. The van der Waals surface area contributed by atoms with Crippen molar-refractivity contribution < 1.29 is 9.90 Å². The Hall–Kier alpha value is -1.86. The Morgan fingerprint density at radius 3 is 2.80 bits per heavy atom. The average Bonchev–Trinajstić information content (AvgIpc) is 2.94. The number of hydrogen-bond acceptors (Lipinski definition) is 3. The maximum atomic E-state index is 12.0. The molecule has 0 aliphatic rings. The van der Waals surface area contributed by atoms with Crippen LogP contribution in [0.3, 0.4) is 0 Å². The van der Waals surface area contributed by atoms with Crippen LogP contribution in [0.4, 0.5) is 0 Å². The molecular formula is C13H9BrN2O3S. The van der Waals surface area contributed by atoms with E-state index in [1.807, 2.05) is 12.1 Å². The fourth-order valence-electron chi connectivity index (χ4n) is 2.14. The number of aromatic amines is 1. The SMILES string of the molecule is O=C(O)c1cccc2[nH]c(=O)n(Cc3ccc(Br)s3)c12. The third-order valence-corrected chi connectivity index (χ3v) is 4.57. The van der Waals surface area contributed by atoms with Gasteiger partial charge in [0.25, 0.3) is 0 Å². The zero-order valence-corrected chi connectivity index (χ0v) is 12.5. The van der Waals surface area contributed by atoms with E-state index in [4.69, 9.17) is 0 Å². The normalized spacial score (nSPS) is 11.1. The Labute approximate surface area is 125 Å². The molecule has 3 aromatic rings. The van der Waals surface area contributed by atoms with Crippen LogP contribution in [0.5, 0.6) is 0 Å². The number of nitrogens with zero attached hydrogens (tertiary/aromatic N) is 1. The van der Waals surface area contributed by atoms with Gasteiger partial charge in [0.05, 0.1) is 26.9 Å². The molecule has 2 N–H and O–H groups in total. The number of carbonyl (C=O) groups is 1. The van der Waals surface area contributed by atoms with Crippen LogP contribution in [0.1, 0.15) is 15.2 Å². The van der Waals surface area contributed by atoms with Crippen LogP contribution in [-0.2, 0) is 6.54 Å². The summed E-state index contributed by atoms with van der Waals surface area (Å²) in [5.74, 6) is -1.05. The number of nitrogens with one attached hydrogen (secondary N) is 1. The fourth-order valence-corrected chi connectivity index (χ4v) is 3.61. The highest BCUT2D eigenvalue weighted by Gasteiger charge is 2.15. The highest BCUT2D eigenvalue weighted by Crippen LogP contribution is 2.24. The number of H-pyrrole nitrogens is 1. The number of rotatable bonds is 3. The second kappa shape index (κ2) is 4.92. The van der Waals surface area contributed by atoms with Gasteiger partial charge in [0.2, 0.25) is 0 Å². The molecule has 5 nitrogen and oxygen atoms in total. The molecule has 0 aliphatic heterocycles. The lowest BCUT2D eigenvalue weighted by atomic mass is 10.2. The minimum absolute atomic E-state index is 0.122. The molecule has 0 radical (unpaired) electrons. The van der Waals surface area contributed by atoms with Crippen LogP contribution in [0.25, 0.3) is 11.0 Å². The molecule has 0 fully saturated rings. The first kappa shape index (κ1) is 13.1. The molecule has 0 amide bonds. The van der Waals surface area contributed by atoms with Crippen LogP contribution in [-0.4, -0.2) is 20.6 Å². The Bertz CT molecular complexity index is 862. The lowest BCUT2D eigenvalue weighted by Crippen LogP contribution is -2.17. The molecule has 2 aromatic heterocycles. The molecule has 0 spiro atoms. The molecule has 102 valence electrons. The molecule has 7 heteroatoms. The number of imidazole rings is 1. The molecule has 0 bridgehead atoms. The Kier molecular flexibility index (Phi) is 3.23. The van der Waals surface area contributed by atoms with Gasteiger partial charge in [-0.05, 0) is 40.2 Å². The summed E-state index contributed by atoms with van der Waals surface area (Å²) in [6.45, 7) is 0.347. The van der Waals surface area contributed by atoms with E-state index in [1.54, 1.807) is 12.1 Å². The Balaban J connectivity index is 2.21. The van der Waals surface area contributed by atoms with E-state index in [1.165, 1.54) is 22.0 Å². The summed E-state index contributed by atoms with van der Waals surface area (Å²) in [6, 6.07) is 8.62. The summed E-state index contributed by atoms with van der Waals surface area (Å²) in [4.78, 5) is 27.0. The topological polar surface area (TPSA) is 75.1 Å². The summed E-state index contributed by atoms with van der Waals surface area (Å²) in [6.07, 6.45) is 0. The van der Waals surface area contributed by atoms with Crippen molar-refractivity contribution >= 4 is 44.3 Å². The zero-order chi connectivity index (χ0) is 14.3. The molecule has 0 aliphatic carbocycles. The van der Waals surface area contributed by atoms with Crippen molar-refractivity contribution in [2.75, 3.05) is 0 Å². The molecule has 0 saturated carbocycles. The van der Waals surface area contributed by atoms with Gasteiger partial charge < -0.3 is 10.1 Å². The van der Waals surface area contributed by atoms with Gasteiger partial charge in [-0.1, -0.05) is 6.07 Å². The van der Waals surface area contributed by atoms with E-state index in [2.05, 4.69) is 20.9 Å². The molecule has 1 aromatic carbocycles. The lowest BCUT2D eigenvalue weighted by molar-refractivity contribution is 0.0698. The number of halogens is 1. The maximum Gasteiger partial charge on any atom is 0.337 e. The minimum atomic E-state index is -1.05. The fraction of sp³-hybridized carbons (Fsp3) is 0.0769. The number of hydrogen-bond donors (Lipinski definition) is 2. The van der Waals surface area contributed by atoms with Crippen molar-refractivity contribution in [3.05, 3.63) is 55.0 Å². The summed E-state index contributed by atoms with van der Waals surface area (Å²) >= 11 is 4.88. The van der Waals surface area contributed by atoms with Gasteiger partial charge in [0, 0.05) is 4.88 Å². The molecule has 3 rings (SSSR count). The first-order valence-electron chi connectivity index (χ1n) is 5.75. The molecule has 2 heterocycles. The molecular weight excluding hydrogens is 344 g/mol. The van der Waals surface area contributed by atoms with E-state index >= 15 is 0 Å². The van der Waals surface area contributed by atoms with Gasteiger partial charge in [-0.25, -0.2) is 9.59 Å². The Morgan fingerprint density at radius 1 is 1.35 bits per heavy atom. The average molecular weight is 353 g/mol. The number of benzene rings is 1. The lowest BCUT2D eigenvalue weighted by Gasteiger charge is -2.04. The standard InChI is InChI=1S/C13H9BrN2O3S/c14-10-5-4-7(20-10)6-16-11-8(12(17)18)2-1-3-9(11)15-13(16)19/h1-5H,6H2,(H,15,19)(H,17,18). The highest BCUT2D eigenvalue weighted by atomic mass is 79.9. The van der Waals surface area contributed by atoms with Crippen molar-refractivity contribution in [3.63, 3.8) is 0 Å². The van der Waals surface area contributed by atoms with E-state index in [-0.39, 0.29) is 11.3 Å². The summed E-state index contributed by atoms with van der Waals surface area (Å²) < 4.78 is 2.43. The summed E-state index contributed by atoms with van der Waals surface area (Å²) in [7, 11) is 0. The van der Waals surface area contributed by atoms with Crippen molar-refractivity contribution in [2.45, 2.75) is 6.54 Å². The number of thiophene rings is 1. The van der Waals surface area contributed by atoms with Crippen LogP contribution < -0.4 is 5.69 Å². The van der Waals surface area contributed by atoms with Crippen LogP contribution in [0.15, 0.2) is 38.9 Å². The highest BCUT2D eigenvalue weighted by molar-refractivity contribution is 9.11. The number of aromatic carboxylic acids is 1. The van der Waals surface area contributed by atoms with Crippen molar-refractivity contribution in [1.82, 2.24) is 9.55 Å². The molecule has 0 unspecified atom stereocenters. The van der Waals surface area contributed by atoms with Gasteiger partial charge in [0.1, 0.15) is 0 Å². The molecule has 0 saturated heterocycles. The predicted octanol–water partition coefficient (Wildman–Crippen LogP) is 2.90. The minimum Gasteiger partial charge on any atom is -0.478 e. The first-order chi connectivity index (χ1) is 9.56. The summed E-state index contributed by atoms with van der Waals surface area (Å²) in [5.41, 5.74) is 0.773. The number of fused-ring (bicyclic) bond motifs is 1. The van der Waals surface area contributed by atoms with Crippen LogP contribution >= 0.6 is 27.3 Å². The quantitative estimate of drug-likeness (QED) is 0.760. The van der Waals surface area contributed by atoms with Gasteiger partial charge in [-0.3, -0.25) is 4.57 Å². The Morgan fingerprint density at radius 2 is 2.15 bits per heavy atom. The number of carboxylic acid groups (broad SMARTS) is 1.